The summed E-state index contributed by atoms with van der Waals surface area (Å²) in [6.07, 6.45) is -4.29. The molecule has 2 atom stereocenters. The summed E-state index contributed by atoms with van der Waals surface area (Å²) >= 11 is 0. The number of fused-ring (bicyclic) bond motifs is 1. The zero-order valence-electron chi connectivity index (χ0n) is 21.4. The Morgan fingerprint density at radius 2 is 1.89 bits per heavy atom. The van der Waals surface area contributed by atoms with E-state index >= 15 is 0 Å². The number of piperidine rings is 1. The first-order valence-electron chi connectivity index (χ1n) is 12.1. The molecule has 9 nitrogen and oxygen atoms in total. The molecule has 0 spiro atoms. The molecule has 0 aliphatic carbocycles. The summed E-state index contributed by atoms with van der Waals surface area (Å²) < 4.78 is 45.7. The van der Waals surface area contributed by atoms with E-state index in [1.807, 2.05) is 6.92 Å². The van der Waals surface area contributed by atoms with Gasteiger partial charge in [-0.3, -0.25) is 9.59 Å². The third kappa shape index (κ3) is 7.30. The summed E-state index contributed by atoms with van der Waals surface area (Å²) in [4.78, 5) is 48.9. The number of halogens is 3. The normalized spacial score (nSPS) is 19.6. The minimum absolute atomic E-state index is 0.00785. The Balaban J connectivity index is 1.75. The molecule has 0 radical (unpaired) electrons. The molecule has 2 aliphatic rings. The summed E-state index contributed by atoms with van der Waals surface area (Å²) in [5, 5.41) is 2.71. The lowest BCUT2D eigenvalue weighted by Crippen LogP contribution is -2.51. The van der Waals surface area contributed by atoms with Crippen molar-refractivity contribution in [2.24, 2.45) is 5.92 Å². The van der Waals surface area contributed by atoms with Gasteiger partial charge in [-0.2, -0.15) is 13.2 Å². The van der Waals surface area contributed by atoms with Crippen LogP contribution >= 0.6 is 0 Å². The van der Waals surface area contributed by atoms with Crippen molar-refractivity contribution in [3.05, 3.63) is 22.8 Å². The highest BCUT2D eigenvalue weighted by molar-refractivity contribution is 5.79. The van der Waals surface area contributed by atoms with Crippen LogP contribution in [-0.4, -0.2) is 69.0 Å². The first-order chi connectivity index (χ1) is 16.6. The number of carbonyl (C=O) groups is 3. The number of rotatable bonds is 5. The quantitative estimate of drug-likeness (QED) is 0.648. The lowest BCUT2D eigenvalue weighted by atomic mass is 9.98. The number of alkyl halides is 3. The molecule has 36 heavy (non-hydrogen) atoms. The van der Waals surface area contributed by atoms with Gasteiger partial charge in [0.2, 0.25) is 11.8 Å². The second-order valence-electron chi connectivity index (χ2n) is 10.6. The van der Waals surface area contributed by atoms with E-state index in [1.54, 1.807) is 25.7 Å². The first kappa shape index (κ1) is 27.7. The van der Waals surface area contributed by atoms with Crippen molar-refractivity contribution in [2.75, 3.05) is 19.6 Å². The van der Waals surface area contributed by atoms with Crippen LogP contribution in [0.25, 0.3) is 0 Å². The van der Waals surface area contributed by atoms with Crippen molar-refractivity contribution >= 4 is 17.9 Å². The third-order valence-corrected chi connectivity index (χ3v) is 6.12. The van der Waals surface area contributed by atoms with Crippen molar-refractivity contribution in [3.8, 4) is 0 Å². The van der Waals surface area contributed by atoms with E-state index in [2.05, 4.69) is 15.3 Å². The molecule has 3 amide bonds. The van der Waals surface area contributed by atoms with Crippen LogP contribution in [0.5, 0.6) is 0 Å². The predicted molar refractivity (Wildman–Crippen MR) is 124 cm³/mol. The number of aryl methyl sites for hydroxylation is 1. The molecule has 12 heteroatoms. The van der Waals surface area contributed by atoms with Gasteiger partial charge in [-0.15, -0.1) is 0 Å². The van der Waals surface area contributed by atoms with Crippen LogP contribution in [0.3, 0.4) is 0 Å². The van der Waals surface area contributed by atoms with Gasteiger partial charge < -0.3 is 19.9 Å². The molecule has 200 valence electrons. The minimum atomic E-state index is -4.61. The van der Waals surface area contributed by atoms with Gasteiger partial charge in [0.25, 0.3) is 0 Å². The van der Waals surface area contributed by atoms with E-state index in [9.17, 15) is 27.6 Å². The first-order valence-corrected chi connectivity index (χ1v) is 12.1. The van der Waals surface area contributed by atoms with Gasteiger partial charge in [-0.1, -0.05) is 6.92 Å². The number of nitrogens with one attached hydrogen (secondary N) is 1. The Kier molecular flexibility index (Phi) is 8.14. The summed E-state index contributed by atoms with van der Waals surface area (Å²) in [6, 6.07) is -0.721. The smallest absolute Gasteiger partial charge is 0.433 e. The maximum absolute atomic E-state index is 13.4. The fourth-order valence-corrected chi connectivity index (χ4v) is 4.52. The monoisotopic (exact) mass is 513 g/mol. The number of alkyl carbamates (subject to hydrolysis) is 1. The summed E-state index contributed by atoms with van der Waals surface area (Å²) in [5.41, 5.74) is -1.53. The van der Waals surface area contributed by atoms with Gasteiger partial charge >= 0.3 is 12.3 Å². The molecule has 0 bridgehead atoms. The standard InChI is InChI=1S/C24H34F3N5O4/c1-14-6-7-19(33)32(11-14)12-16(30-22(35)36-23(3,4)5)10-20(34)31-9-8-17-18(13-31)28-15(2)29-21(17)24(25,26)27/h14,16H,6-13H2,1-5H3,(H,30,35)/t14-,16+/m1/s1. The molecule has 0 saturated carbocycles. The number of nitrogens with zero attached hydrogens (tertiary/aromatic N) is 4. The number of aromatic nitrogens is 2. The third-order valence-electron chi connectivity index (χ3n) is 6.12. The van der Waals surface area contributed by atoms with Crippen molar-refractivity contribution in [3.63, 3.8) is 0 Å². The van der Waals surface area contributed by atoms with E-state index in [4.69, 9.17) is 4.74 Å². The lowest BCUT2D eigenvalue weighted by Gasteiger charge is -2.35. The van der Waals surface area contributed by atoms with Crippen molar-refractivity contribution in [1.82, 2.24) is 25.1 Å². The summed E-state index contributed by atoms with van der Waals surface area (Å²) in [7, 11) is 0. The van der Waals surface area contributed by atoms with Gasteiger partial charge in [-0.25, -0.2) is 14.8 Å². The van der Waals surface area contributed by atoms with Crippen LogP contribution in [0, 0.1) is 12.8 Å². The molecule has 1 N–H and O–H groups in total. The maximum Gasteiger partial charge on any atom is 0.433 e. The number of likely N-dealkylation sites (tertiary alicyclic amines) is 1. The minimum Gasteiger partial charge on any atom is -0.444 e. The fourth-order valence-electron chi connectivity index (χ4n) is 4.52. The SMILES string of the molecule is Cc1nc2c(c(C(F)(F)F)n1)CCN(C(=O)C[C@@H](CN1C[C@H](C)CCC1=O)NC(=O)OC(C)(C)C)C2. The second-order valence-corrected chi connectivity index (χ2v) is 10.6. The van der Waals surface area contributed by atoms with Crippen LogP contribution in [0.1, 0.15) is 69.7 Å². The zero-order valence-corrected chi connectivity index (χ0v) is 21.4. The van der Waals surface area contributed by atoms with Crippen LogP contribution in [0.2, 0.25) is 0 Å². The Labute approximate surface area is 208 Å². The molecular weight excluding hydrogens is 479 g/mol. The average Bonchev–Trinajstić information content (AvgIpc) is 2.73. The number of amides is 3. The zero-order chi connectivity index (χ0) is 26.8. The molecule has 1 aromatic heterocycles. The Morgan fingerprint density at radius 1 is 1.19 bits per heavy atom. The highest BCUT2D eigenvalue weighted by Crippen LogP contribution is 2.33. The highest BCUT2D eigenvalue weighted by atomic mass is 19.4. The Bertz CT molecular complexity index is 1010. The lowest BCUT2D eigenvalue weighted by molar-refractivity contribution is -0.142. The van der Waals surface area contributed by atoms with E-state index in [0.717, 1.165) is 6.42 Å². The topological polar surface area (TPSA) is 105 Å². The molecule has 2 aliphatic heterocycles. The van der Waals surface area contributed by atoms with Crippen LogP contribution < -0.4 is 5.32 Å². The average molecular weight is 514 g/mol. The van der Waals surface area contributed by atoms with Crippen molar-refractivity contribution < 1.29 is 32.3 Å². The van der Waals surface area contributed by atoms with Crippen LogP contribution in [0.4, 0.5) is 18.0 Å². The van der Waals surface area contributed by atoms with Crippen molar-refractivity contribution in [1.29, 1.82) is 0 Å². The molecule has 1 aromatic rings. The van der Waals surface area contributed by atoms with Gasteiger partial charge in [0.05, 0.1) is 18.3 Å². The van der Waals surface area contributed by atoms with Gasteiger partial charge in [0, 0.05) is 38.0 Å². The van der Waals surface area contributed by atoms with E-state index in [1.165, 1.54) is 11.8 Å². The summed E-state index contributed by atoms with van der Waals surface area (Å²) in [5.74, 6) is -0.123. The molecule has 0 unspecified atom stereocenters. The van der Waals surface area contributed by atoms with Crippen LogP contribution in [0.15, 0.2) is 0 Å². The summed E-state index contributed by atoms with van der Waals surface area (Å²) in [6.45, 7) is 9.20. The van der Waals surface area contributed by atoms with Gasteiger partial charge in [0.15, 0.2) is 5.69 Å². The van der Waals surface area contributed by atoms with Crippen molar-refractivity contribution in [2.45, 2.75) is 84.7 Å². The van der Waals surface area contributed by atoms with E-state index < -0.39 is 29.6 Å². The Hall–Kier alpha value is -2.92. The van der Waals surface area contributed by atoms with Crippen LogP contribution in [-0.2, 0) is 33.5 Å². The van der Waals surface area contributed by atoms with Gasteiger partial charge in [0.1, 0.15) is 11.4 Å². The molecular formula is C24H34F3N5O4. The largest absolute Gasteiger partial charge is 0.444 e. The molecule has 1 saturated heterocycles. The van der Waals surface area contributed by atoms with E-state index in [0.29, 0.717) is 18.9 Å². The number of ether oxygens (including phenoxy) is 1. The maximum atomic E-state index is 13.4. The Morgan fingerprint density at radius 3 is 2.53 bits per heavy atom. The fraction of sp³-hybridized carbons (Fsp3) is 0.708. The second kappa shape index (κ2) is 10.6. The molecule has 1 fully saturated rings. The number of carbonyl (C=O) groups excluding carboxylic acids is 3. The molecule has 3 rings (SSSR count). The predicted octanol–water partition coefficient (Wildman–Crippen LogP) is 3.23. The van der Waals surface area contributed by atoms with E-state index in [-0.39, 0.29) is 61.4 Å². The van der Waals surface area contributed by atoms with Gasteiger partial charge in [-0.05, 0) is 46.5 Å². The number of hydrogen-bond donors (Lipinski definition) is 1. The number of hydrogen-bond acceptors (Lipinski definition) is 6. The molecule has 3 heterocycles. The highest BCUT2D eigenvalue weighted by Gasteiger charge is 2.39. The molecule has 0 aromatic carbocycles.